The highest BCUT2D eigenvalue weighted by Crippen LogP contribution is 2.24. The van der Waals surface area contributed by atoms with E-state index in [9.17, 15) is 8.42 Å². The lowest BCUT2D eigenvalue weighted by Gasteiger charge is -2.26. The second-order valence-corrected chi connectivity index (χ2v) is 7.82. The minimum Gasteiger partial charge on any atom is -0.392 e. The summed E-state index contributed by atoms with van der Waals surface area (Å²) >= 11 is 0. The molecule has 1 aromatic rings. The van der Waals surface area contributed by atoms with Crippen LogP contribution in [0.4, 0.5) is 0 Å². The Balaban J connectivity index is 2.13. The molecule has 1 heterocycles. The van der Waals surface area contributed by atoms with Crippen LogP contribution < -0.4 is 0 Å². The van der Waals surface area contributed by atoms with Gasteiger partial charge >= 0.3 is 0 Å². The van der Waals surface area contributed by atoms with E-state index in [0.29, 0.717) is 6.54 Å². The molecule has 1 saturated heterocycles. The van der Waals surface area contributed by atoms with Crippen LogP contribution in [0, 0.1) is 0 Å². The molecule has 0 radical (unpaired) electrons. The number of aliphatic hydroxyl groups is 1. The Morgan fingerprint density at radius 3 is 2.71 bits per heavy atom. The number of nitrogens with zero attached hydrogens (tertiary/aromatic N) is 2. The zero-order valence-electron chi connectivity index (χ0n) is 12.7. The standard InChI is InChI=1S/C15H24N2O3S/c1-16(2)10-15-7-4-8-17(15)21(19,20)12-14-6-3-5-13(9-14)11-18/h3,5-6,9,15,18H,4,7-8,10-12H2,1-2H3. The monoisotopic (exact) mass is 312 g/mol. The number of rotatable bonds is 6. The Hall–Kier alpha value is -0.950. The molecule has 1 N–H and O–H groups in total. The van der Waals surface area contributed by atoms with Crippen molar-refractivity contribution in [1.82, 2.24) is 9.21 Å². The van der Waals surface area contributed by atoms with Crippen molar-refractivity contribution in [3.8, 4) is 0 Å². The Labute approximate surface area is 127 Å². The molecule has 0 aromatic heterocycles. The van der Waals surface area contributed by atoms with Gasteiger partial charge in [0, 0.05) is 19.1 Å². The average Bonchev–Trinajstić information content (AvgIpc) is 2.86. The van der Waals surface area contributed by atoms with Crippen molar-refractivity contribution in [1.29, 1.82) is 0 Å². The fraction of sp³-hybridized carbons (Fsp3) is 0.600. The zero-order valence-corrected chi connectivity index (χ0v) is 13.5. The number of hydrogen-bond acceptors (Lipinski definition) is 4. The fourth-order valence-corrected chi connectivity index (χ4v) is 4.69. The highest BCUT2D eigenvalue weighted by atomic mass is 32.2. The maximum absolute atomic E-state index is 12.6. The van der Waals surface area contributed by atoms with Gasteiger partial charge < -0.3 is 10.0 Å². The topological polar surface area (TPSA) is 60.9 Å². The Bertz CT molecular complexity index is 572. The molecule has 1 atom stereocenters. The van der Waals surface area contributed by atoms with Gasteiger partial charge in [-0.3, -0.25) is 0 Å². The Morgan fingerprint density at radius 1 is 1.33 bits per heavy atom. The van der Waals surface area contributed by atoms with Crippen LogP contribution in [-0.4, -0.2) is 56.0 Å². The summed E-state index contributed by atoms with van der Waals surface area (Å²) in [5.74, 6) is 0.00473. The van der Waals surface area contributed by atoms with E-state index >= 15 is 0 Å². The maximum Gasteiger partial charge on any atom is 0.218 e. The molecular formula is C15H24N2O3S. The molecule has 1 aliphatic heterocycles. The summed E-state index contributed by atoms with van der Waals surface area (Å²) in [6.45, 7) is 1.30. The third-order valence-corrected chi connectivity index (χ3v) is 5.67. The van der Waals surface area contributed by atoms with Crippen LogP contribution in [0.25, 0.3) is 0 Å². The molecule has 0 aliphatic carbocycles. The number of hydrogen-bond donors (Lipinski definition) is 1. The predicted octanol–water partition coefficient (Wildman–Crippen LogP) is 1.03. The summed E-state index contributed by atoms with van der Waals surface area (Å²) < 4.78 is 26.9. The second kappa shape index (κ2) is 6.87. The smallest absolute Gasteiger partial charge is 0.218 e. The highest BCUT2D eigenvalue weighted by Gasteiger charge is 2.34. The summed E-state index contributed by atoms with van der Waals surface area (Å²) in [4.78, 5) is 2.03. The van der Waals surface area contributed by atoms with E-state index in [0.717, 1.165) is 30.5 Å². The molecular weight excluding hydrogens is 288 g/mol. The van der Waals surface area contributed by atoms with Crippen LogP contribution in [0.2, 0.25) is 0 Å². The van der Waals surface area contributed by atoms with Crippen LogP contribution >= 0.6 is 0 Å². The van der Waals surface area contributed by atoms with Gasteiger partial charge in [-0.15, -0.1) is 0 Å². The van der Waals surface area contributed by atoms with E-state index in [1.807, 2.05) is 19.0 Å². The highest BCUT2D eigenvalue weighted by molar-refractivity contribution is 7.88. The molecule has 21 heavy (non-hydrogen) atoms. The van der Waals surface area contributed by atoms with Gasteiger partial charge in [0.1, 0.15) is 0 Å². The van der Waals surface area contributed by atoms with Crippen molar-refractivity contribution >= 4 is 10.0 Å². The first kappa shape index (κ1) is 16.4. The molecule has 2 rings (SSSR count). The normalized spacial score (nSPS) is 20.3. The Kier molecular flexibility index (Phi) is 5.37. The van der Waals surface area contributed by atoms with Crippen LogP contribution in [0.15, 0.2) is 24.3 Å². The number of benzene rings is 1. The first-order valence-electron chi connectivity index (χ1n) is 7.25. The molecule has 0 saturated carbocycles. The van der Waals surface area contributed by atoms with Crippen LogP contribution in [0.1, 0.15) is 24.0 Å². The van der Waals surface area contributed by atoms with Crippen molar-refractivity contribution in [3.05, 3.63) is 35.4 Å². The van der Waals surface area contributed by atoms with Crippen molar-refractivity contribution in [3.63, 3.8) is 0 Å². The molecule has 5 nitrogen and oxygen atoms in total. The maximum atomic E-state index is 12.6. The number of aliphatic hydroxyl groups excluding tert-OH is 1. The molecule has 0 amide bonds. The zero-order chi connectivity index (χ0) is 15.5. The molecule has 0 spiro atoms. The van der Waals surface area contributed by atoms with Gasteiger partial charge in [-0.25, -0.2) is 8.42 Å². The van der Waals surface area contributed by atoms with Crippen molar-refractivity contribution in [2.24, 2.45) is 0 Å². The third-order valence-electron chi connectivity index (χ3n) is 3.78. The summed E-state index contributed by atoms with van der Waals surface area (Å²) in [5.41, 5.74) is 1.48. The van der Waals surface area contributed by atoms with E-state index in [4.69, 9.17) is 5.11 Å². The van der Waals surface area contributed by atoms with Gasteiger partial charge in [0.15, 0.2) is 0 Å². The lowest BCUT2D eigenvalue weighted by Crippen LogP contribution is -2.41. The second-order valence-electron chi connectivity index (χ2n) is 5.90. The quantitative estimate of drug-likeness (QED) is 0.852. The van der Waals surface area contributed by atoms with Crippen LogP contribution in [0.3, 0.4) is 0 Å². The number of likely N-dealkylation sites (N-methyl/N-ethyl adjacent to an activating group) is 1. The van der Waals surface area contributed by atoms with E-state index < -0.39 is 10.0 Å². The van der Waals surface area contributed by atoms with Gasteiger partial charge in [-0.05, 0) is 38.1 Å². The summed E-state index contributed by atoms with van der Waals surface area (Å²) in [5, 5.41) is 9.15. The van der Waals surface area contributed by atoms with E-state index in [1.54, 1.807) is 28.6 Å². The van der Waals surface area contributed by atoms with Crippen LogP contribution in [-0.2, 0) is 22.4 Å². The lowest BCUT2D eigenvalue weighted by atomic mass is 10.1. The van der Waals surface area contributed by atoms with E-state index in [-0.39, 0.29) is 18.4 Å². The van der Waals surface area contributed by atoms with Gasteiger partial charge in [0.2, 0.25) is 10.0 Å². The van der Waals surface area contributed by atoms with E-state index in [1.165, 1.54) is 0 Å². The molecule has 0 bridgehead atoms. The SMILES string of the molecule is CN(C)CC1CCCN1S(=O)(=O)Cc1cccc(CO)c1. The van der Waals surface area contributed by atoms with Gasteiger partial charge in [0.25, 0.3) is 0 Å². The fourth-order valence-electron chi connectivity index (χ4n) is 2.89. The predicted molar refractivity (Wildman–Crippen MR) is 83.3 cm³/mol. The number of sulfonamides is 1. The molecule has 1 aliphatic rings. The Morgan fingerprint density at radius 2 is 2.05 bits per heavy atom. The largest absolute Gasteiger partial charge is 0.392 e. The summed E-state index contributed by atoms with van der Waals surface area (Å²) in [7, 11) is 0.624. The van der Waals surface area contributed by atoms with Crippen LogP contribution in [0.5, 0.6) is 0 Å². The molecule has 1 fully saturated rings. The minimum absolute atomic E-state index is 0.00473. The lowest BCUT2D eigenvalue weighted by molar-refractivity contribution is 0.281. The van der Waals surface area contributed by atoms with Crippen molar-refractivity contribution in [2.75, 3.05) is 27.2 Å². The molecule has 6 heteroatoms. The van der Waals surface area contributed by atoms with Crippen molar-refractivity contribution < 1.29 is 13.5 Å². The molecule has 1 unspecified atom stereocenters. The van der Waals surface area contributed by atoms with Gasteiger partial charge in [0.05, 0.1) is 12.4 Å². The van der Waals surface area contributed by atoms with E-state index in [2.05, 4.69) is 0 Å². The third kappa shape index (κ3) is 4.26. The van der Waals surface area contributed by atoms with Gasteiger partial charge in [-0.1, -0.05) is 24.3 Å². The molecule has 118 valence electrons. The summed E-state index contributed by atoms with van der Waals surface area (Å²) in [6.07, 6.45) is 1.85. The van der Waals surface area contributed by atoms with Crippen molar-refractivity contribution in [2.45, 2.75) is 31.2 Å². The average molecular weight is 312 g/mol. The summed E-state index contributed by atoms with van der Waals surface area (Å²) in [6, 6.07) is 7.21. The first-order chi connectivity index (χ1) is 9.92. The first-order valence-corrected chi connectivity index (χ1v) is 8.86. The molecule has 1 aromatic carbocycles. The minimum atomic E-state index is -3.31. The van der Waals surface area contributed by atoms with Gasteiger partial charge in [-0.2, -0.15) is 4.31 Å².